The molecule has 0 aliphatic carbocycles. The first-order valence-electron chi connectivity index (χ1n) is 6.18. The van der Waals surface area contributed by atoms with Gasteiger partial charge in [0.1, 0.15) is 6.17 Å². The number of aromatic nitrogens is 2. The fourth-order valence-electron chi connectivity index (χ4n) is 2.28. The second kappa shape index (κ2) is 5.43. The molecule has 0 saturated carbocycles. The quantitative estimate of drug-likeness (QED) is 0.852. The molecule has 0 radical (unpaired) electrons. The summed E-state index contributed by atoms with van der Waals surface area (Å²) in [5.41, 5.74) is 0.750. The van der Waals surface area contributed by atoms with E-state index in [1.165, 1.54) is 0 Å². The Hall–Kier alpha value is -0.900. The predicted octanol–water partition coefficient (Wildman–Crippen LogP) is 2.30. The summed E-state index contributed by atoms with van der Waals surface area (Å²) in [4.78, 5) is 0. The smallest absolute Gasteiger partial charge is 0.131 e. The number of nitrogens with zero attached hydrogens (tertiary/aromatic N) is 2. The van der Waals surface area contributed by atoms with E-state index >= 15 is 0 Å². The van der Waals surface area contributed by atoms with E-state index in [-0.39, 0.29) is 5.92 Å². The molecule has 1 N–H and O–H groups in total. The maximum atomic E-state index is 14.2. The number of hydrogen-bond acceptors (Lipinski definition) is 2. The molecule has 1 saturated heterocycles. The fraction of sp³-hybridized carbons (Fsp3) is 0.750. The number of alkyl halides is 1. The van der Waals surface area contributed by atoms with E-state index in [1.54, 1.807) is 6.20 Å². The van der Waals surface area contributed by atoms with E-state index in [0.29, 0.717) is 0 Å². The number of aryl methyl sites for hydroxylation is 1. The molecule has 0 amide bonds. The first-order chi connectivity index (χ1) is 7.81. The molecule has 2 heterocycles. The predicted molar refractivity (Wildman–Crippen MR) is 62.0 cm³/mol. The summed E-state index contributed by atoms with van der Waals surface area (Å²) in [6.45, 7) is 4.85. The first-order valence-corrected chi connectivity index (χ1v) is 6.18. The van der Waals surface area contributed by atoms with Crippen molar-refractivity contribution in [3.8, 4) is 0 Å². The van der Waals surface area contributed by atoms with Gasteiger partial charge in [0, 0.05) is 18.3 Å². The van der Waals surface area contributed by atoms with E-state index < -0.39 is 6.17 Å². The van der Waals surface area contributed by atoms with Gasteiger partial charge in [-0.15, -0.1) is 0 Å². The van der Waals surface area contributed by atoms with Crippen molar-refractivity contribution in [3.63, 3.8) is 0 Å². The zero-order valence-corrected chi connectivity index (χ0v) is 9.82. The number of nitrogens with one attached hydrogen (secondary N) is 1. The minimum atomic E-state index is -0.840. The van der Waals surface area contributed by atoms with Gasteiger partial charge < -0.3 is 5.32 Å². The highest BCUT2D eigenvalue weighted by atomic mass is 19.1. The highest BCUT2D eigenvalue weighted by Gasteiger charge is 2.25. The van der Waals surface area contributed by atoms with Crippen LogP contribution < -0.4 is 5.32 Å². The fourth-order valence-corrected chi connectivity index (χ4v) is 2.28. The van der Waals surface area contributed by atoms with Crippen LogP contribution >= 0.6 is 0 Å². The van der Waals surface area contributed by atoms with Gasteiger partial charge in [-0.1, -0.05) is 6.92 Å². The highest BCUT2D eigenvalue weighted by Crippen LogP contribution is 2.31. The SMILES string of the molecule is CCCn1cc(C(F)C2CCNCC2)cn1. The lowest BCUT2D eigenvalue weighted by molar-refractivity contribution is 0.190. The van der Waals surface area contributed by atoms with Crippen LogP contribution in [0, 0.1) is 5.92 Å². The molecule has 1 fully saturated rings. The Kier molecular flexibility index (Phi) is 3.93. The molecule has 1 aromatic rings. The maximum Gasteiger partial charge on any atom is 0.131 e. The van der Waals surface area contributed by atoms with Crippen molar-refractivity contribution < 1.29 is 4.39 Å². The number of piperidine rings is 1. The normalized spacial score (nSPS) is 19.9. The van der Waals surface area contributed by atoms with Crippen LogP contribution in [0.2, 0.25) is 0 Å². The van der Waals surface area contributed by atoms with Crippen LogP contribution in [-0.2, 0) is 6.54 Å². The second-order valence-corrected chi connectivity index (χ2v) is 4.53. The standard InChI is InChI=1S/C12H20FN3/c1-2-7-16-9-11(8-15-16)12(13)10-3-5-14-6-4-10/h8-10,12,14H,2-7H2,1H3. The van der Waals surface area contributed by atoms with Gasteiger partial charge in [-0.05, 0) is 38.3 Å². The molecule has 4 heteroatoms. The molecule has 1 unspecified atom stereocenters. The monoisotopic (exact) mass is 225 g/mol. The Morgan fingerprint density at radius 1 is 1.56 bits per heavy atom. The lowest BCUT2D eigenvalue weighted by Crippen LogP contribution is -2.29. The molecule has 2 rings (SSSR count). The number of rotatable bonds is 4. The van der Waals surface area contributed by atoms with Crippen LogP contribution in [0.4, 0.5) is 4.39 Å². The first kappa shape index (κ1) is 11.6. The van der Waals surface area contributed by atoms with Crippen molar-refractivity contribution in [1.82, 2.24) is 15.1 Å². The highest BCUT2D eigenvalue weighted by molar-refractivity contribution is 5.09. The summed E-state index contributed by atoms with van der Waals surface area (Å²) in [6.07, 6.45) is 5.59. The molecule has 16 heavy (non-hydrogen) atoms. The summed E-state index contributed by atoms with van der Waals surface area (Å²) < 4.78 is 16.0. The van der Waals surface area contributed by atoms with Gasteiger partial charge in [0.25, 0.3) is 0 Å². The Bertz CT molecular complexity index is 318. The van der Waals surface area contributed by atoms with Gasteiger partial charge in [-0.3, -0.25) is 4.68 Å². The van der Waals surface area contributed by atoms with Gasteiger partial charge in [-0.25, -0.2) is 4.39 Å². The summed E-state index contributed by atoms with van der Waals surface area (Å²) in [5, 5.41) is 7.44. The van der Waals surface area contributed by atoms with Gasteiger partial charge in [0.15, 0.2) is 0 Å². The molecule has 0 aromatic carbocycles. The Morgan fingerprint density at radius 2 is 2.31 bits per heavy atom. The molecular formula is C12H20FN3. The third-order valence-electron chi connectivity index (χ3n) is 3.22. The van der Waals surface area contributed by atoms with E-state index in [2.05, 4.69) is 17.3 Å². The van der Waals surface area contributed by atoms with Gasteiger partial charge in [0.05, 0.1) is 6.20 Å². The lowest BCUT2D eigenvalue weighted by atomic mass is 9.90. The van der Waals surface area contributed by atoms with Crippen LogP contribution in [0.25, 0.3) is 0 Å². The Labute approximate surface area is 96.0 Å². The number of halogens is 1. The van der Waals surface area contributed by atoms with Crippen LogP contribution in [0.15, 0.2) is 12.4 Å². The third kappa shape index (κ3) is 2.61. The van der Waals surface area contributed by atoms with Gasteiger partial charge in [-0.2, -0.15) is 5.10 Å². The largest absolute Gasteiger partial charge is 0.317 e. The molecule has 1 aromatic heterocycles. The molecular weight excluding hydrogens is 205 g/mol. The molecule has 0 spiro atoms. The molecule has 0 bridgehead atoms. The third-order valence-corrected chi connectivity index (χ3v) is 3.22. The van der Waals surface area contributed by atoms with Crippen molar-refractivity contribution in [2.24, 2.45) is 5.92 Å². The van der Waals surface area contributed by atoms with Crippen LogP contribution in [0.3, 0.4) is 0 Å². The van der Waals surface area contributed by atoms with E-state index in [9.17, 15) is 4.39 Å². The minimum absolute atomic E-state index is 0.167. The Balaban J connectivity index is 1.98. The van der Waals surface area contributed by atoms with Crippen molar-refractivity contribution in [2.75, 3.05) is 13.1 Å². The van der Waals surface area contributed by atoms with Crippen LogP contribution in [-0.4, -0.2) is 22.9 Å². The summed E-state index contributed by atoms with van der Waals surface area (Å²) in [6, 6.07) is 0. The van der Waals surface area contributed by atoms with Crippen molar-refractivity contribution in [3.05, 3.63) is 18.0 Å². The molecule has 1 atom stereocenters. The maximum absolute atomic E-state index is 14.2. The summed E-state index contributed by atoms with van der Waals surface area (Å²) >= 11 is 0. The average molecular weight is 225 g/mol. The zero-order valence-electron chi connectivity index (χ0n) is 9.82. The van der Waals surface area contributed by atoms with Gasteiger partial charge in [0.2, 0.25) is 0 Å². The van der Waals surface area contributed by atoms with Crippen molar-refractivity contribution >= 4 is 0 Å². The lowest BCUT2D eigenvalue weighted by Gasteiger charge is -2.25. The topological polar surface area (TPSA) is 29.9 Å². The zero-order chi connectivity index (χ0) is 11.4. The summed E-state index contributed by atoms with van der Waals surface area (Å²) in [7, 11) is 0. The van der Waals surface area contributed by atoms with E-state index in [4.69, 9.17) is 0 Å². The molecule has 1 aliphatic rings. The summed E-state index contributed by atoms with van der Waals surface area (Å²) in [5.74, 6) is 0.167. The van der Waals surface area contributed by atoms with E-state index in [1.807, 2.05) is 10.9 Å². The number of hydrogen-bond donors (Lipinski definition) is 1. The van der Waals surface area contributed by atoms with Crippen LogP contribution in [0.5, 0.6) is 0 Å². The minimum Gasteiger partial charge on any atom is -0.317 e. The van der Waals surface area contributed by atoms with Crippen molar-refractivity contribution in [1.29, 1.82) is 0 Å². The molecule has 90 valence electrons. The van der Waals surface area contributed by atoms with Crippen LogP contribution in [0.1, 0.15) is 37.9 Å². The average Bonchev–Trinajstić information content (AvgIpc) is 2.78. The molecule has 1 aliphatic heterocycles. The van der Waals surface area contributed by atoms with Gasteiger partial charge >= 0.3 is 0 Å². The van der Waals surface area contributed by atoms with Crippen molar-refractivity contribution in [2.45, 2.75) is 38.9 Å². The Morgan fingerprint density at radius 3 is 3.00 bits per heavy atom. The second-order valence-electron chi connectivity index (χ2n) is 4.53. The molecule has 3 nitrogen and oxygen atoms in total. The van der Waals surface area contributed by atoms with E-state index in [0.717, 1.165) is 44.5 Å².